The summed E-state index contributed by atoms with van der Waals surface area (Å²) in [6.07, 6.45) is 3.25. The van der Waals surface area contributed by atoms with Gasteiger partial charge in [-0.3, -0.25) is 5.10 Å². The first-order valence-corrected chi connectivity index (χ1v) is 7.20. The van der Waals surface area contributed by atoms with E-state index in [0.29, 0.717) is 25.3 Å². The summed E-state index contributed by atoms with van der Waals surface area (Å²) >= 11 is 0. The molecule has 0 saturated carbocycles. The van der Waals surface area contributed by atoms with Crippen molar-refractivity contribution < 1.29 is 8.42 Å². The Labute approximate surface area is 101 Å². The Morgan fingerprint density at radius 3 is 3.00 bits per heavy atom. The molecule has 2 heterocycles. The Morgan fingerprint density at radius 1 is 1.65 bits per heavy atom. The molecule has 1 aliphatic heterocycles. The van der Waals surface area contributed by atoms with Crippen molar-refractivity contribution in [3.63, 3.8) is 0 Å². The Morgan fingerprint density at radius 2 is 2.41 bits per heavy atom. The molecule has 6 nitrogen and oxygen atoms in total. The SMILES string of the molecule is Cc1[nH]ncc1S(=O)(=O)N1CCCC(CN)C1. The maximum atomic E-state index is 12.4. The van der Waals surface area contributed by atoms with E-state index in [1.165, 1.54) is 10.5 Å². The molecule has 3 N–H and O–H groups in total. The molecule has 1 aromatic rings. The summed E-state index contributed by atoms with van der Waals surface area (Å²) in [7, 11) is -3.41. The fourth-order valence-electron chi connectivity index (χ4n) is 2.18. The lowest BCUT2D eigenvalue weighted by molar-refractivity contribution is 0.271. The van der Waals surface area contributed by atoms with Gasteiger partial charge < -0.3 is 5.73 Å². The minimum atomic E-state index is -3.41. The maximum absolute atomic E-state index is 12.4. The highest BCUT2D eigenvalue weighted by Gasteiger charge is 2.31. The van der Waals surface area contributed by atoms with E-state index in [4.69, 9.17) is 5.73 Å². The number of nitrogens with one attached hydrogen (secondary N) is 1. The summed E-state index contributed by atoms with van der Waals surface area (Å²) in [5, 5.41) is 6.42. The van der Waals surface area contributed by atoms with Crippen molar-refractivity contribution in [2.45, 2.75) is 24.7 Å². The summed E-state index contributed by atoms with van der Waals surface area (Å²) in [5.41, 5.74) is 6.20. The first kappa shape index (κ1) is 12.5. The maximum Gasteiger partial charge on any atom is 0.246 e. The van der Waals surface area contributed by atoms with Crippen LogP contribution in [0.15, 0.2) is 11.1 Å². The Hall–Kier alpha value is -0.920. The molecule has 17 heavy (non-hydrogen) atoms. The van der Waals surface area contributed by atoms with Crippen molar-refractivity contribution in [2.24, 2.45) is 11.7 Å². The standard InChI is InChI=1S/C10H18N4O2S/c1-8-10(6-12-13-8)17(15,16)14-4-2-3-9(5-11)7-14/h6,9H,2-5,7,11H2,1H3,(H,12,13). The van der Waals surface area contributed by atoms with E-state index >= 15 is 0 Å². The molecule has 0 spiro atoms. The van der Waals surface area contributed by atoms with Crippen LogP contribution in [0.2, 0.25) is 0 Å². The van der Waals surface area contributed by atoms with Crippen LogP contribution in [0.1, 0.15) is 18.5 Å². The van der Waals surface area contributed by atoms with Gasteiger partial charge in [-0.1, -0.05) is 0 Å². The van der Waals surface area contributed by atoms with Gasteiger partial charge in [-0.2, -0.15) is 9.40 Å². The summed E-state index contributed by atoms with van der Waals surface area (Å²) in [5.74, 6) is 0.269. The summed E-state index contributed by atoms with van der Waals surface area (Å²) in [4.78, 5) is 0.273. The number of aromatic nitrogens is 2. The molecular weight excluding hydrogens is 240 g/mol. The van der Waals surface area contributed by atoms with Crippen LogP contribution in [0, 0.1) is 12.8 Å². The molecule has 96 valence electrons. The van der Waals surface area contributed by atoms with Gasteiger partial charge in [0, 0.05) is 13.1 Å². The lowest BCUT2D eigenvalue weighted by Gasteiger charge is -2.31. The number of sulfonamides is 1. The third-order valence-electron chi connectivity index (χ3n) is 3.22. The number of H-pyrrole nitrogens is 1. The van der Waals surface area contributed by atoms with Crippen LogP contribution in [0.5, 0.6) is 0 Å². The molecule has 0 amide bonds. The van der Waals surface area contributed by atoms with Crippen molar-refractivity contribution in [3.8, 4) is 0 Å². The highest BCUT2D eigenvalue weighted by atomic mass is 32.2. The van der Waals surface area contributed by atoms with Gasteiger partial charge in [0.05, 0.1) is 11.9 Å². The van der Waals surface area contributed by atoms with Crippen LogP contribution in [0.4, 0.5) is 0 Å². The second kappa shape index (κ2) is 4.75. The predicted molar refractivity (Wildman–Crippen MR) is 63.9 cm³/mol. The number of piperidine rings is 1. The fourth-order valence-corrected chi connectivity index (χ4v) is 3.85. The zero-order valence-electron chi connectivity index (χ0n) is 9.89. The number of aromatic amines is 1. The van der Waals surface area contributed by atoms with Gasteiger partial charge in [0.1, 0.15) is 4.90 Å². The van der Waals surface area contributed by atoms with Crippen molar-refractivity contribution in [1.82, 2.24) is 14.5 Å². The molecule has 1 saturated heterocycles. The molecular formula is C10H18N4O2S. The lowest BCUT2D eigenvalue weighted by Crippen LogP contribution is -2.42. The van der Waals surface area contributed by atoms with E-state index < -0.39 is 10.0 Å². The highest BCUT2D eigenvalue weighted by molar-refractivity contribution is 7.89. The van der Waals surface area contributed by atoms with Crippen LogP contribution < -0.4 is 5.73 Å². The minimum absolute atomic E-state index is 0.269. The number of rotatable bonds is 3. The van der Waals surface area contributed by atoms with Gasteiger partial charge in [-0.25, -0.2) is 8.42 Å². The molecule has 0 aliphatic carbocycles. The summed E-state index contributed by atoms with van der Waals surface area (Å²) in [6, 6.07) is 0. The van der Waals surface area contributed by atoms with Gasteiger partial charge >= 0.3 is 0 Å². The Kier molecular flexibility index (Phi) is 3.50. The van der Waals surface area contributed by atoms with Crippen LogP contribution in [0.3, 0.4) is 0 Å². The van der Waals surface area contributed by atoms with Crippen molar-refractivity contribution in [1.29, 1.82) is 0 Å². The Bertz CT molecular complexity index is 482. The third-order valence-corrected chi connectivity index (χ3v) is 5.20. The first-order valence-electron chi connectivity index (χ1n) is 5.76. The molecule has 0 bridgehead atoms. The zero-order valence-corrected chi connectivity index (χ0v) is 10.7. The molecule has 1 fully saturated rings. The second-order valence-corrected chi connectivity index (χ2v) is 6.37. The van der Waals surface area contributed by atoms with Crippen molar-refractivity contribution >= 4 is 10.0 Å². The van der Waals surface area contributed by atoms with Gasteiger partial charge in [0.15, 0.2) is 0 Å². The lowest BCUT2D eigenvalue weighted by atomic mass is 10.0. The van der Waals surface area contributed by atoms with Crippen LogP contribution >= 0.6 is 0 Å². The quantitative estimate of drug-likeness (QED) is 0.803. The van der Waals surface area contributed by atoms with E-state index in [1.54, 1.807) is 6.92 Å². The molecule has 7 heteroatoms. The number of aryl methyl sites for hydroxylation is 1. The van der Waals surface area contributed by atoms with Gasteiger partial charge in [-0.05, 0) is 32.2 Å². The number of nitrogens with zero attached hydrogens (tertiary/aromatic N) is 2. The average Bonchev–Trinajstić information content (AvgIpc) is 2.76. The minimum Gasteiger partial charge on any atom is -0.330 e. The molecule has 1 atom stereocenters. The second-order valence-electron chi connectivity index (χ2n) is 4.47. The van der Waals surface area contributed by atoms with E-state index in [0.717, 1.165) is 12.8 Å². The Balaban J connectivity index is 2.24. The zero-order chi connectivity index (χ0) is 12.5. The molecule has 0 aromatic carbocycles. The smallest absolute Gasteiger partial charge is 0.246 e. The van der Waals surface area contributed by atoms with E-state index in [9.17, 15) is 8.42 Å². The van der Waals surface area contributed by atoms with Crippen molar-refractivity contribution in [2.75, 3.05) is 19.6 Å². The fraction of sp³-hybridized carbons (Fsp3) is 0.700. The predicted octanol–water partition coefficient (Wildman–Crippen LogP) is 0.0775. The van der Waals surface area contributed by atoms with Crippen LogP contribution in [-0.4, -0.2) is 42.6 Å². The number of hydrogen-bond acceptors (Lipinski definition) is 4. The first-order chi connectivity index (χ1) is 8.05. The summed E-state index contributed by atoms with van der Waals surface area (Å²) in [6.45, 7) is 3.34. The molecule has 1 aromatic heterocycles. The molecule has 1 aliphatic rings. The normalized spacial score (nSPS) is 22.8. The number of hydrogen-bond donors (Lipinski definition) is 2. The molecule has 1 unspecified atom stereocenters. The van der Waals surface area contributed by atoms with E-state index in [-0.39, 0.29) is 10.8 Å². The van der Waals surface area contributed by atoms with Crippen molar-refractivity contribution in [3.05, 3.63) is 11.9 Å². The highest BCUT2D eigenvalue weighted by Crippen LogP contribution is 2.24. The van der Waals surface area contributed by atoms with Gasteiger partial charge in [0.25, 0.3) is 0 Å². The van der Waals surface area contributed by atoms with Gasteiger partial charge in [0.2, 0.25) is 10.0 Å². The monoisotopic (exact) mass is 258 g/mol. The van der Waals surface area contributed by atoms with E-state index in [2.05, 4.69) is 10.2 Å². The van der Waals surface area contributed by atoms with Crippen LogP contribution in [-0.2, 0) is 10.0 Å². The largest absolute Gasteiger partial charge is 0.330 e. The topological polar surface area (TPSA) is 92.1 Å². The van der Waals surface area contributed by atoms with E-state index in [1.807, 2.05) is 0 Å². The van der Waals surface area contributed by atoms with Crippen LogP contribution in [0.25, 0.3) is 0 Å². The molecule has 2 rings (SSSR count). The van der Waals surface area contributed by atoms with Gasteiger partial charge in [-0.15, -0.1) is 0 Å². The third kappa shape index (κ3) is 2.36. The summed E-state index contributed by atoms with van der Waals surface area (Å²) < 4.78 is 26.2. The number of nitrogens with two attached hydrogens (primary N) is 1. The molecule has 0 radical (unpaired) electrons. The average molecular weight is 258 g/mol.